The molecule has 1 aliphatic rings. The Morgan fingerprint density at radius 2 is 1.17 bits per heavy atom. The van der Waals surface area contributed by atoms with Crippen molar-refractivity contribution in [2.24, 2.45) is 5.92 Å². The zero-order valence-electron chi connectivity index (χ0n) is 27.7. The molecule has 0 aromatic heterocycles. The van der Waals surface area contributed by atoms with Gasteiger partial charge in [0.1, 0.15) is 6.10 Å². The fraction of sp³-hybridized carbons (Fsp3) is 0.621. The summed E-state index contributed by atoms with van der Waals surface area (Å²) in [6.07, 6.45) is -8.35. The number of likely N-dealkylation sites (N-methyl/N-ethyl adjacent to an activating group) is 1. The summed E-state index contributed by atoms with van der Waals surface area (Å²) in [5.74, 6) is -5.84. The van der Waals surface area contributed by atoms with Crippen molar-refractivity contribution in [3.63, 3.8) is 0 Å². The zero-order chi connectivity index (χ0) is 37.5. The third kappa shape index (κ3) is 13.8. The van der Waals surface area contributed by atoms with Gasteiger partial charge in [-0.25, -0.2) is 24.0 Å². The molecule has 48 heavy (non-hydrogen) atoms. The van der Waals surface area contributed by atoms with Crippen molar-refractivity contribution in [2.75, 3.05) is 55.1 Å². The third-order valence-electron chi connectivity index (χ3n) is 6.96. The number of aliphatic hydroxyl groups is 4. The number of aliphatic carboxylic acids is 4. The van der Waals surface area contributed by atoms with Crippen molar-refractivity contribution in [2.45, 2.75) is 56.8 Å². The average Bonchev–Trinajstić information content (AvgIpc) is 3.03. The topological polar surface area (TPSA) is 291 Å². The predicted octanol–water partition coefficient (Wildman–Crippen LogP) is -1.72. The maximum atomic E-state index is 12.8. The fourth-order valence-electron chi connectivity index (χ4n) is 4.13. The lowest BCUT2D eigenvalue weighted by molar-refractivity contribution is -0.165. The van der Waals surface area contributed by atoms with Crippen LogP contribution >= 0.6 is 0 Å². The van der Waals surface area contributed by atoms with E-state index in [1.165, 1.54) is 21.3 Å². The highest BCUT2D eigenvalue weighted by atomic mass is 16.5. The second-order valence-corrected chi connectivity index (χ2v) is 10.9. The van der Waals surface area contributed by atoms with Gasteiger partial charge in [0.05, 0.1) is 26.9 Å². The van der Waals surface area contributed by atoms with Crippen LogP contribution in [0.25, 0.3) is 0 Å². The molecule has 0 bridgehead atoms. The highest BCUT2D eigenvalue weighted by Crippen LogP contribution is 2.38. The number of rotatable bonds is 14. The summed E-state index contributed by atoms with van der Waals surface area (Å²) in [5.41, 5.74) is 0.393. The normalized spacial score (nSPS) is 19.9. The largest absolute Gasteiger partial charge is 0.493 e. The van der Waals surface area contributed by atoms with Gasteiger partial charge >= 0.3 is 29.8 Å². The summed E-state index contributed by atoms with van der Waals surface area (Å²) in [5, 5.41) is 65.1. The van der Waals surface area contributed by atoms with Crippen molar-refractivity contribution >= 4 is 29.8 Å². The number of carboxylic acid groups (broad SMARTS) is 4. The molecule has 1 heterocycles. The van der Waals surface area contributed by atoms with Crippen molar-refractivity contribution in [1.82, 2.24) is 9.80 Å². The lowest BCUT2D eigenvalue weighted by Gasteiger charge is -2.41. The molecular formula is C29H46N2O17. The van der Waals surface area contributed by atoms with E-state index in [4.69, 9.17) is 59.8 Å². The van der Waals surface area contributed by atoms with Crippen molar-refractivity contribution in [3.05, 3.63) is 17.7 Å². The van der Waals surface area contributed by atoms with Gasteiger partial charge in [-0.2, -0.15) is 0 Å². The molecule has 0 amide bonds. The number of carbonyl (C=O) groups is 5. The van der Waals surface area contributed by atoms with E-state index in [1.54, 1.807) is 12.1 Å². The summed E-state index contributed by atoms with van der Waals surface area (Å²) < 4.78 is 21.9. The van der Waals surface area contributed by atoms with Gasteiger partial charge in [-0.05, 0) is 39.6 Å². The smallest absolute Gasteiger partial charge is 0.338 e. The molecule has 19 nitrogen and oxygen atoms in total. The van der Waals surface area contributed by atoms with E-state index < -0.39 is 48.3 Å². The molecule has 1 aromatic rings. The Kier molecular flexibility index (Phi) is 19.0. The minimum atomic E-state index is -2.27. The standard InChI is InChI=1S/C21H34N2O5.2C4H6O6/c1-14-13-23(9-8-22(3)4)15(2)10-17(14)28-21(24)16-11-18(25-5)20(27-7)19(12-16)26-6;2*5-1(3(7)8)2(6)4(9)10/h11-12,14-15,17H,8-10,13H2,1-7H3;2*1-2,5-6H,(H,7,8)(H,9,10)/t;2*1-,2-/m.11/s1. The van der Waals surface area contributed by atoms with Crippen LogP contribution in [0, 0.1) is 5.92 Å². The van der Waals surface area contributed by atoms with E-state index in [2.05, 4.69) is 37.7 Å². The summed E-state index contributed by atoms with van der Waals surface area (Å²) in [4.78, 5) is 56.5. The minimum absolute atomic E-state index is 0.114. The minimum Gasteiger partial charge on any atom is -0.493 e. The maximum Gasteiger partial charge on any atom is 0.338 e. The molecule has 0 spiro atoms. The van der Waals surface area contributed by atoms with Crippen LogP contribution in [-0.4, -0.2) is 172 Å². The molecule has 1 aliphatic heterocycles. The predicted molar refractivity (Wildman–Crippen MR) is 163 cm³/mol. The highest BCUT2D eigenvalue weighted by molar-refractivity contribution is 5.91. The van der Waals surface area contributed by atoms with Crippen LogP contribution in [0.1, 0.15) is 30.6 Å². The first-order valence-corrected chi connectivity index (χ1v) is 14.3. The summed E-state index contributed by atoms with van der Waals surface area (Å²) in [6.45, 7) is 7.30. The van der Waals surface area contributed by atoms with Crippen LogP contribution in [-0.2, 0) is 23.9 Å². The van der Waals surface area contributed by atoms with E-state index in [0.717, 1.165) is 26.1 Å². The number of likely N-dealkylation sites (tertiary alicyclic amines) is 1. The number of methoxy groups -OCH3 is 3. The maximum absolute atomic E-state index is 12.8. The molecule has 0 aliphatic carbocycles. The first-order chi connectivity index (χ1) is 22.2. The van der Waals surface area contributed by atoms with Gasteiger partial charge in [0.2, 0.25) is 5.75 Å². The van der Waals surface area contributed by atoms with Gasteiger partial charge < -0.3 is 64.7 Å². The average molecular weight is 695 g/mol. The van der Waals surface area contributed by atoms with Crippen molar-refractivity contribution in [1.29, 1.82) is 0 Å². The number of piperidine rings is 1. The number of carboxylic acids is 4. The molecule has 19 heteroatoms. The van der Waals surface area contributed by atoms with E-state index in [1.807, 2.05) is 0 Å². The lowest BCUT2D eigenvalue weighted by atomic mass is 9.91. The van der Waals surface area contributed by atoms with Gasteiger partial charge in [0.25, 0.3) is 0 Å². The van der Waals surface area contributed by atoms with Crippen LogP contribution in [0.3, 0.4) is 0 Å². The van der Waals surface area contributed by atoms with Gasteiger partial charge in [0, 0.05) is 31.6 Å². The van der Waals surface area contributed by atoms with Gasteiger partial charge in [0.15, 0.2) is 35.9 Å². The number of esters is 1. The quantitative estimate of drug-likeness (QED) is 0.101. The highest BCUT2D eigenvalue weighted by Gasteiger charge is 2.34. The van der Waals surface area contributed by atoms with Crippen molar-refractivity contribution in [3.8, 4) is 17.2 Å². The first-order valence-electron chi connectivity index (χ1n) is 14.3. The van der Waals surface area contributed by atoms with E-state index in [9.17, 15) is 24.0 Å². The van der Waals surface area contributed by atoms with Gasteiger partial charge in [-0.1, -0.05) is 6.92 Å². The summed E-state index contributed by atoms with van der Waals surface area (Å²) in [7, 11) is 8.75. The lowest BCUT2D eigenvalue weighted by Crippen LogP contribution is -2.50. The van der Waals surface area contributed by atoms with E-state index in [0.29, 0.717) is 28.9 Å². The Bertz CT molecular complexity index is 1130. The second kappa shape index (κ2) is 20.9. The molecule has 0 radical (unpaired) electrons. The Morgan fingerprint density at radius 3 is 1.48 bits per heavy atom. The zero-order valence-corrected chi connectivity index (χ0v) is 27.7. The van der Waals surface area contributed by atoms with Crippen LogP contribution < -0.4 is 14.2 Å². The monoisotopic (exact) mass is 694 g/mol. The third-order valence-corrected chi connectivity index (χ3v) is 6.96. The number of ether oxygens (including phenoxy) is 4. The number of hydrogen-bond acceptors (Lipinski definition) is 15. The van der Waals surface area contributed by atoms with Crippen molar-refractivity contribution < 1.29 is 83.8 Å². The molecule has 1 saturated heterocycles. The van der Waals surface area contributed by atoms with Crippen LogP contribution in [0.5, 0.6) is 17.2 Å². The number of hydrogen-bond donors (Lipinski definition) is 8. The molecule has 274 valence electrons. The molecule has 2 rings (SSSR count). The Labute approximate surface area is 276 Å². The molecular weight excluding hydrogens is 648 g/mol. The fourth-order valence-corrected chi connectivity index (χ4v) is 4.13. The Morgan fingerprint density at radius 1 is 0.771 bits per heavy atom. The van der Waals surface area contributed by atoms with Gasteiger partial charge in [-0.15, -0.1) is 0 Å². The molecule has 3 unspecified atom stereocenters. The molecule has 1 aromatic carbocycles. The Hall–Kier alpha value is -4.27. The number of aliphatic hydroxyl groups excluding tert-OH is 4. The Balaban J connectivity index is 0.000000904. The molecule has 0 saturated carbocycles. The summed E-state index contributed by atoms with van der Waals surface area (Å²) >= 11 is 0. The second-order valence-electron chi connectivity index (χ2n) is 10.9. The van der Waals surface area contributed by atoms with Gasteiger partial charge in [-0.3, -0.25) is 4.90 Å². The summed E-state index contributed by atoms with van der Waals surface area (Å²) in [6, 6.07) is 3.63. The van der Waals surface area contributed by atoms with E-state index in [-0.39, 0.29) is 18.0 Å². The number of nitrogens with zero attached hydrogens (tertiary/aromatic N) is 2. The van der Waals surface area contributed by atoms with Crippen LogP contribution in [0.15, 0.2) is 12.1 Å². The SMILES string of the molecule is COc1cc(C(=O)OC2CC(C)N(CCN(C)C)CC2C)cc(OC)c1OC.O=C(O)[C@H](O)[C@@H](O)C(=O)O.O=C(O)[C@H](O)[C@@H](O)C(=O)O. The molecule has 7 atom stereocenters. The number of carbonyl (C=O) groups excluding carboxylic acids is 1. The molecule has 8 N–H and O–H groups in total. The molecule has 1 fully saturated rings. The first kappa shape index (κ1) is 43.7. The van der Waals surface area contributed by atoms with E-state index >= 15 is 0 Å². The van der Waals surface area contributed by atoms with Crippen LogP contribution in [0.4, 0.5) is 0 Å². The number of benzene rings is 1. The van der Waals surface area contributed by atoms with Crippen LogP contribution in [0.2, 0.25) is 0 Å².